The van der Waals surface area contributed by atoms with E-state index in [1.165, 1.54) is 4.90 Å². The van der Waals surface area contributed by atoms with E-state index < -0.39 is 28.5 Å². The van der Waals surface area contributed by atoms with Gasteiger partial charge in [0.2, 0.25) is 11.8 Å². The number of sulfonamides is 1. The van der Waals surface area contributed by atoms with Crippen LogP contribution in [0.4, 0.5) is 5.69 Å². The summed E-state index contributed by atoms with van der Waals surface area (Å²) in [5.41, 5.74) is 3.97. The first-order valence-corrected chi connectivity index (χ1v) is 14.3. The molecule has 1 N–H and O–H groups in total. The standard InChI is InChI=1S/C30H37N3O4S/c1-6-27(30(35)31-7-2)32(20-25-13-10-11-23(4)19-25)29(34)21-33(28-14-9-8-12-24(28)5)38(36,37)26-17-15-22(3)16-18-26/h8-19,27H,6-7,20-21H2,1-5H3,(H,31,35)/t27-/m1/s1. The van der Waals surface area contributed by atoms with Gasteiger partial charge in [-0.05, 0) is 63.4 Å². The molecule has 0 aliphatic carbocycles. The Morgan fingerprint density at radius 2 is 1.55 bits per heavy atom. The molecule has 0 heterocycles. The van der Waals surface area contributed by atoms with Crippen LogP contribution >= 0.6 is 0 Å². The van der Waals surface area contributed by atoms with Gasteiger partial charge in [0.25, 0.3) is 10.0 Å². The molecule has 8 heteroatoms. The normalized spacial score (nSPS) is 12.0. The zero-order chi connectivity index (χ0) is 27.9. The van der Waals surface area contributed by atoms with Crippen molar-refractivity contribution in [3.63, 3.8) is 0 Å². The Morgan fingerprint density at radius 1 is 0.868 bits per heavy atom. The van der Waals surface area contributed by atoms with E-state index in [9.17, 15) is 18.0 Å². The molecule has 0 aliphatic heterocycles. The monoisotopic (exact) mass is 535 g/mol. The van der Waals surface area contributed by atoms with Crippen molar-refractivity contribution in [3.8, 4) is 0 Å². The van der Waals surface area contributed by atoms with E-state index in [1.54, 1.807) is 36.4 Å². The molecular formula is C30H37N3O4S. The second-order valence-electron chi connectivity index (χ2n) is 9.44. The highest BCUT2D eigenvalue weighted by Gasteiger charge is 2.34. The van der Waals surface area contributed by atoms with E-state index in [4.69, 9.17) is 0 Å². The third-order valence-corrected chi connectivity index (χ3v) is 8.22. The van der Waals surface area contributed by atoms with Crippen LogP contribution in [0.1, 0.15) is 42.5 Å². The van der Waals surface area contributed by atoms with Gasteiger partial charge in [0, 0.05) is 13.1 Å². The summed E-state index contributed by atoms with van der Waals surface area (Å²) >= 11 is 0. The third kappa shape index (κ3) is 6.81. The Hall–Kier alpha value is -3.65. The summed E-state index contributed by atoms with van der Waals surface area (Å²) in [6.07, 6.45) is 0.387. The van der Waals surface area contributed by atoms with E-state index in [2.05, 4.69) is 5.32 Å². The van der Waals surface area contributed by atoms with Gasteiger partial charge >= 0.3 is 0 Å². The van der Waals surface area contributed by atoms with Gasteiger partial charge in [-0.3, -0.25) is 13.9 Å². The highest BCUT2D eigenvalue weighted by atomic mass is 32.2. The van der Waals surface area contributed by atoms with Crippen molar-refractivity contribution in [2.45, 2.75) is 58.5 Å². The minimum atomic E-state index is -4.08. The van der Waals surface area contributed by atoms with Crippen LogP contribution in [0.3, 0.4) is 0 Å². The fourth-order valence-electron chi connectivity index (χ4n) is 4.41. The van der Waals surface area contributed by atoms with Crippen molar-refractivity contribution in [2.75, 3.05) is 17.4 Å². The predicted octanol–water partition coefficient (Wildman–Crippen LogP) is 4.75. The van der Waals surface area contributed by atoms with Crippen molar-refractivity contribution in [1.29, 1.82) is 0 Å². The molecule has 3 aromatic carbocycles. The summed E-state index contributed by atoms with van der Waals surface area (Å²) < 4.78 is 29.0. The van der Waals surface area contributed by atoms with Crippen LogP contribution < -0.4 is 9.62 Å². The van der Waals surface area contributed by atoms with Gasteiger partial charge in [-0.1, -0.05) is 72.6 Å². The van der Waals surface area contributed by atoms with Crippen LogP contribution in [-0.4, -0.2) is 44.3 Å². The van der Waals surface area contributed by atoms with Crippen LogP contribution in [-0.2, 0) is 26.2 Å². The average molecular weight is 536 g/mol. The molecule has 3 aromatic rings. The van der Waals surface area contributed by atoms with Gasteiger partial charge < -0.3 is 10.2 Å². The summed E-state index contributed by atoms with van der Waals surface area (Å²) in [5, 5.41) is 2.82. The van der Waals surface area contributed by atoms with Crippen LogP contribution in [0.5, 0.6) is 0 Å². The lowest BCUT2D eigenvalue weighted by Gasteiger charge is -2.33. The van der Waals surface area contributed by atoms with E-state index >= 15 is 0 Å². The van der Waals surface area contributed by atoms with Gasteiger partial charge in [0.15, 0.2) is 0 Å². The number of nitrogens with zero attached hydrogens (tertiary/aromatic N) is 2. The molecule has 1 atom stereocenters. The van der Waals surface area contributed by atoms with Crippen molar-refractivity contribution in [2.24, 2.45) is 0 Å². The Labute approximate surface area is 226 Å². The first-order valence-electron chi connectivity index (χ1n) is 12.9. The number of amides is 2. The Balaban J connectivity index is 2.07. The summed E-state index contributed by atoms with van der Waals surface area (Å²) in [7, 11) is -4.08. The quantitative estimate of drug-likeness (QED) is 0.384. The summed E-state index contributed by atoms with van der Waals surface area (Å²) in [4.78, 5) is 28.6. The molecule has 38 heavy (non-hydrogen) atoms. The lowest BCUT2D eigenvalue weighted by Crippen LogP contribution is -2.52. The molecule has 2 amide bonds. The van der Waals surface area contributed by atoms with Gasteiger partial charge in [0.05, 0.1) is 10.6 Å². The van der Waals surface area contributed by atoms with Crippen molar-refractivity contribution < 1.29 is 18.0 Å². The molecule has 0 fully saturated rings. The number of nitrogens with one attached hydrogen (secondary N) is 1. The molecule has 0 radical (unpaired) electrons. The zero-order valence-corrected chi connectivity index (χ0v) is 23.6. The number of carbonyl (C=O) groups is 2. The number of anilines is 1. The second-order valence-corrected chi connectivity index (χ2v) is 11.3. The maximum atomic E-state index is 14.0. The van der Waals surface area contributed by atoms with E-state index in [-0.39, 0.29) is 17.3 Å². The molecule has 3 rings (SSSR count). The maximum Gasteiger partial charge on any atom is 0.264 e. The average Bonchev–Trinajstić information content (AvgIpc) is 2.88. The molecule has 202 valence electrons. The molecule has 0 spiro atoms. The minimum absolute atomic E-state index is 0.0974. The lowest BCUT2D eigenvalue weighted by atomic mass is 10.1. The molecule has 0 aliphatic rings. The fraction of sp³-hybridized carbons (Fsp3) is 0.333. The number of hydrogen-bond donors (Lipinski definition) is 1. The predicted molar refractivity (Wildman–Crippen MR) is 151 cm³/mol. The number of carbonyl (C=O) groups excluding carboxylic acids is 2. The summed E-state index contributed by atoms with van der Waals surface area (Å²) in [6.45, 7) is 9.50. The smallest absolute Gasteiger partial charge is 0.264 e. The molecule has 0 unspecified atom stereocenters. The second kappa shape index (κ2) is 12.7. The van der Waals surface area contributed by atoms with Gasteiger partial charge in [-0.2, -0.15) is 0 Å². The summed E-state index contributed by atoms with van der Waals surface area (Å²) in [6, 6.07) is 20.6. The van der Waals surface area contributed by atoms with E-state index in [0.29, 0.717) is 18.7 Å². The Kier molecular flexibility index (Phi) is 9.69. The topological polar surface area (TPSA) is 86.8 Å². The Morgan fingerprint density at radius 3 is 2.16 bits per heavy atom. The number of rotatable bonds is 11. The SMILES string of the molecule is CCNC(=O)[C@@H](CC)N(Cc1cccc(C)c1)C(=O)CN(c1ccccc1C)S(=O)(=O)c1ccc(C)cc1. The largest absolute Gasteiger partial charge is 0.355 e. The Bertz CT molecular complexity index is 1370. The molecule has 0 aromatic heterocycles. The zero-order valence-electron chi connectivity index (χ0n) is 22.8. The van der Waals surface area contributed by atoms with Gasteiger partial charge in [0.1, 0.15) is 12.6 Å². The van der Waals surface area contributed by atoms with Gasteiger partial charge in [-0.25, -0.2) is 8.42 Å². The third-order valence-electron chi connectivity index (χ3n) is 6.44. The number of aryl methyl sites for hydroxylation is 3. The number of likely N-dealkylation sites (N-methyl/N-ethyl adjacent to an activating group) is 1. The number of benzene rings is 3. The van der Waals surface area contributed by atoms with E-state index in [0.717, 1.165) is 26.6 Å². The highest BCUT2D eigenvalue weighted by molar-refractivity contribution is 7.92. The fourth-order valence-corrected chi connectivity index (χ4v) is 5.89. The first kappa shape index (κ1) is 28.9. The molecular weight excluding hydrogens is 498 g/mol. The van der Waals surface area contributed by atoms with Gasteiger partial charge in [-0.15, -0.1) is 0 Å². The van der Waals surface area contributed by atoms with Crippen LogP contribution in [0, 0.1) is 20.8 Å². The molecule has 7 nitrogen and oxygen atoms in total. The summed E-state index contributed by atoms with van der Waals surface area (Å²) in [5.74, 6) is -0.719. The van der Waals surface area contributed by atoms with Crippen molar-refractivity contribution in [3.05, 3.63) is 95.1 Å². The van der Waals surface area contributed by atoms with Crippen molar-refractivity contribution in [1.82, 2.24) is 10.2 Å². The van der Waals surface area contributed by atoms with Crippen LogP contribution in [0.15, 0.2) is 77.7 Å². The highest BCUT2D eigenvalue weighted by Crippen LogP contribution is 2.27. The minimum Gasteiger partial charge on any atom is -0.355 e. The molecule has 0 bridgehead atoms. The first-order chi connectivity index (χ1) is 18.1. The lowest BCUT2D eigenvalue weighted by molar-refractivity contribution is -0.140. The van der Waals surface area contributed by atoms with Crippen molar-refractivity contribution >= 4 is 27.5 Å². The number of hydrogen-bond acceptors (Lipinski definition) is 4. The molecule has 0 saturated carbocycles. The molecule has 0 saturated heterocycles. The number of para-hydroxylation sites is 1. The van der Waals surface area contributed by atoms with E-state index in [1.807, 2.05) is 71.0 Å². The maximum absolute atomic E-state index is 14.0. The van der Waals surface area contributed by atoms with Crippen LogP contribution in [0.2, 0.25) is 0 Å². The van der Waals surface area contributed by atoms with Crippen LogP contribution in [0.25, 0.3) is 0 Å².